The Balaban J connectivity index is 2.04. The predicted octanol–water partition coefficient (Wildman–Crippen LogP) is 3.89. The van der Waals surface area contributed by atoms with Gasteiger partial charge in [-0.15, -0.1) is 0 Å². The van der Waals surface area contributed by atoms with Gasteiger partial charge in [-0.3, -0.25) is 24.0 Å². The number of furan rings is 1. The highest BCUT2D eigenvalue weighted by Gasteiger charge is 2.27. The summed E-state index contributed by atoms with van der Waals surface area (Å²) in [4.78, 5) is 41.7. The van der Waals surface area contributed by atoms with Crippen LogP contribution in [0.4, 0.5) is 11.5 Å². The van der Waals surface area contributed by atoms with Crippen molar-refractivity contribution >= 4 is 29.0 Å². The molecular weight excluding hydrogens is 420 g/mol. The van der Waals surface area contributed by atoms with E-state index >= 15 is 0 Å². The lowest BCUT2D eigenvalue weighted by Gasteiger charge is -2.23. The molecule has 0 saturated carbocycles. The van der Waals surface area contributed by atoms with E-state index in [1.54, 1.807) is 24.3 Å². The van der Waals surface area contributed by atoms with Crippen LogP contribution in [-0.2, 0) is 6.54 Å². The predicted molar refractivity (Wildman–Crippen MR) is 122 cm³/mol. The van der Waals surface area contributed by atoms with Gasteiger partial charge in [-0.25, -0.2) is 4.79 Å². The van der Waals surface area contributed by atoms with Gasteiger partial charge in [-0.2, -0.15) is 0 Å². The van der Waals surface area contributed by atoms with Crippen molar-refractivity contribution in [3.8, 4) is 11.3 Å². The summed E-state index contributed by atoms with van der Waals surface area (Å²) in [5, 5.41) is 0.491. The van der Waals surface area contributed by atoms with Gasteiger partial charge in [0.15, 0.2) is 11.4 Å². The Labute approximate surface area is 184 Å². The van der Waals surface area contributed by atoms with Crippen molar-refractivity contribution in [1.82, 2.24) is 9.55 Å². The zero-order valence-electron chi connectivity index (χ0n) is 17.5. The van der Waals surface area contributed by atoms with E-state index in [1.807, 2.05) is 19.9 Å². The number of anilines is 2. The topological polar surface area (TPSA) is 114 Å². The number of H-pyrrole nitrogens is 1. The summed E-state index contributed by atoms with van der Waals surface area (Å²) < 4.78 is 7.05. The molecule has 3 aromatic rings. The summed E-state index contributed by atoms with van der Waals surface area (Å²) in [5.41, 5.74) is 5.47. The number of rotatable bonds is 8. The quantitative estimate of drug-likeness (QED) is 0.547. The molecule has 164 valence electrons. The van der Waals surface area contributed by atoms with Crippen molar-refractivity contribution in [3.63, 3.8) is 0 Å². The van der Waals surface area contributed by atoms with Gasteiger partial charge in [-0.05, 0) is 37.1 Å². The fourth-order valence-electron chi connectivity index (χ4n) is 3.31. The van der Waals surface area contributed by atoms with Gasteiger partial charge in [0.2, 0.25) is 0 Å². The molecule has 0 unspecified atom stereocenters. The minimum absolute atomic E-state index is 0.0356. The summed E-state index contributed by atoms with van der Waals surface area (Å²) in [6.07, 6.45) is 2.11. The molecule has 1 aromatic carbocycles. The second kappa shape index (κ2) is 9.70. The number of aromatic nitrogens is 2. The Morgan fingerprint density at radius 1 is 1.16 bits per heavy atom. The molecule has 31 heavy (non-hydrogen) atoms. The van der Waals surface area contributed by atoms with Gasteiger partial charge >= 0.3 is 5.69 Å². The van der Waals surface area contributed by atoms with Crippen LogP contribution in [0, 0.1) is 0 Å². The van der Waals surface area contributed by atoms with E-state index < -0.39 is 17.2 Å². The third-order valence-electron chi connectivity index (χ3n) is 4.87. The third-order valence-corrected chi connectivity index (χ3v) is 5.20. The SMILES string of the molecule is CCCCn1c(N)c(N(CCC)C(=O)c2ccc(-c3ccccc3Cl)o2)c(=O)[nH]c1=O. The zero-order chi connectivity index (χ0) is 22.5. The number of hydrogen-bond acceptors (Lipinski definition) is 5. The van der Waals surface area contributed by atoms with E-state index in [1.165, 1.54) is 15.5 Å². The van der Waals surface area contributed by atoms with Crippen LogP contribution in [0.15, 0.2) is 50.4 Å². The van der Waals surface area contributed by atoms with Crippen LogP contribution in [0.3, 0.4) is 0 Å². The summed E-state index contributed by atoms with van der Waals surface area (Å²) in [7, 11) is 0. The van der Waals surface area contributed by atoms with E-state index in [0.717, 1.165) is 6.42 Å². The molecule has 8 nitrogen and oxygen atoms in total. The van der Waals surface area contributed by atoms with Gasteiger partial charge in [0.25, 0.3) is 11.5 Å². The van der Waals surface area contributed by atoms with Gasteiger partial charge in [0, 0.05) is 18.7 Å². The number of carbonyl (C=O) groups is 1. The highest BCUT2D eigenvalue weighted by Crippen LogP contribution is 2.30. The number of unbranched alkanes of at least 4 members (excludes halogenated alkanes) is 1. The normalized spacial score (nSPS) is 10.9. The maximum absolute atomic E-state index is 13.3. The largest absolute Gasteiger partial charge is 0.451 e. The molecule has 0 saturated heterocycles. The number of amides is 1. The number of nitrogens with one attached hydrogen (secondary N) is 1. The second-order valence-electron chi connectivity index (χ2n) is 7.10. The Hall–Kier alpha value is -3.26. The number of carbonyl (C=O) groups excluding carboxylic acids is 1. The van der Waals surface area contributed by atoms with Crippen molar-refractivity contribution in [3.05, 3.63) is 68.0 Å². The summed E-state index contributed by atoms with van der Waals surface area (Å²) in [6, 6.07) is 10.3. The monoisotopic (exact) mass is 444 g/mol. The maximum atomic E-state index is 13.3. The molecule has 0 fully saturated rings. The number of nitrogen functional groups attached to an aromatic ring is 1. The number of halogens is 1. The fourth-order valence-corrected chi connectivity index (χ4v) is 3.54. The molecule has 0 aliphatic heterocycles. The smallest absolute Gasteiger partial charge is 0.330 e. The van der Waals surface area contributed by atoms with E-state index in [4.69, 9.17) is 21.8 Å². The minimum Gasteiger partial charge on any atom is -0.451 e. The molecule has 1 amide bonds. The molecule has 0 bridgehead atoms. The Bertz CT molecular complexity index is 1190. The summed E-state index contributed by atoms with van der Waals surface area (Å²) in [6.45, 7) is 4.42. The molecule has 0 aliphatic carbocycles. The van der Waals surface area contributed by atoms with Gasteiger partial charge < -0.3 is 10.2 Å². The van der Waals surface area contributed by atoms with E-state index in [2.05, 4.69) is 4.98 Å². The molecule has 2 heterocycles. The van der Waals surface area contributed by atoms with Crippen LogP contribution < -0.4 is 21.9 Å². The molecule has 0 aliphatic rings. The lowest BCUT2D eigenvalue weighted by atomic mass is 10.2. The van der Waals surface area contributed by atoms with Gasteiger partial charge in [-0.1, -0.05) is 44.0 Å². The average molecular weight is 445 g/mol. The first-order valence-corrected chi connectivity index (χ1v) is 10.6. The molecule has 3 rings (SSSR count). The van der Waals surface area contributed by atoms with Crippen molar-refractivity contribution in [2.45, 2.75) is 39.7 Å². The van der Waals surface area contributed by atoms with Crippen molar-refractivity contribution in [1.29, 1.82) is 0 Å². The number of benzene rings is 1. The van der Waals surface area contributed by atoms with E-state index in [0.29, 0.717) is 35.7 Å². The Kier molecular flexibility index (Phi) is 7.02. The van der Waals surface area contributed by atoms with Crippen molar-refractivity contribution in [2.24, 2.45) is 0 Å². The molecule has 9 heteroatoms. The first-order chi connectivity index (χ1) is 14.9. The first-order valence-electron chi connectivity index (χ1n) is 10.2. The number of aromatic amines is 1. The first kappa shape index (κ1) is 22.4. The summed E-state index contributed by atoms with van der Waals surface area (Å²) in [5.74, 6) is -0.103. The van der Waals surface area contributed by atoms with E-state index in [-0.39, 0.29) is 23.8 Å². The maximum Gasteiger partial charge on any atom is 0.330 e. The van der Waals surface area contributed by atoms with Crippen molar-refractivity contribution in [2.75, 3.05) is 17.2 Å². The van der Waals surface area contributed by atoms with Crippen LogP contribution in [-0.4, -0.2) is 22.0 Å². The van der Waals surface area contributed by atoms with Crippen LogP contribution in [0.1, 0.15) is 43.7 Å². The van der Waals surface area contributed by atoms with Crippen LogP contribution in [0.2, 0.25) is 5.02 Å². The number of nitrogens with zero attached hydrogens (tertiary/aromatic N) is 2. The Morgan fingerprint density at radius 2 is 1.90 bits per heavy atom. The van der Waals surface area contributed by atoms with Crippen LogP contribution in [0.25, 0.3) is 11.3 Å². The molecular formula is C22H25ClN4O4. The van der Waals surface area contributed by atoms with Crippen molar-refractivity contribution < 1.29 is 9.21 Å². The number of nitrogens with two attached hydrogens (primary N) is 1. The third kappa shape index (κ3) is 4.59. The molecule has 0 spiro atoms. The lowest BCUT2D eigenvalue weighted by Crippen LogP contribution is -2.41. The number of hydrogen-bond donors (Lipinski definition) is 2. The average Bonchev–Trinajstić information content (AvgIpc) is 3.22. The standard InChI is InChI=1S/C22H25ClN4O4/c1-3-5-13-27-19(24)18(20(28)25-22(27)30)26(12-4-2)21(29)17-11-10-16(31-17)14-8-6-7-9-15(14)23/h6-11H,3-5,12-13,24H2,1-2H3,(H,25,28,30). The zero-order valence-corrected chi connectivity index (χ0v) is 18.2. The lowest BCUT2D eigenvalue weighted by molar-refractivity contribution is 0.0960. The summed E-state index contributed by atoms with van der Waals surface area (Å²) >= 11 is 6.22. The van der Waals surface area contributed by atoms with Crippen LogP contribution in [0.5, 0.6) is 0 Å². The highest BCUT2D eigenvalue weighted by atomic mass is 35.5. The molecule has 0 radical (unpaired) electrons. The van der Waals surface area contributed by atoms with Crippen LogP contribution >= 0.6 is 11.6 Å². The van der Waals surface area contributed by atoms with Gasteiger partial charge in [0.1, 0.15) is 11.6 Å². The Morgan fingerprint density at radius 3 is 2.58 bits per heavy atom. The highest BCUT2D eigenvalue weighted by molar-refractivity contribution is 6.33. The van der Waals surface area contributed by atoms with E-state index in [9.17, 15) is 14.4 Å². The van der Waals surface area contributed by atoms with Gasteiger partial charge in [0.05, 0.1) is 5.02 Å². The minimum atomic E-state index is -0.713. The molecule has 0 atom stereocenters. The molecule has 3 N–H and O–H groups in total. The second-order valence-corrected chi connectivity index (χ2v) is 7.51. The fraction of sp³-hybridized carbons (Fsp3) is 0.318. The molecule has 2 aromatic heterocycles.